The number of hydrogen-bond acceptors (Lipinski definition) is 8. The Balaban J connectivity index is 1.28. The number of amides is 2. The number of carbonyl (C=O) groups is 2. The Morgan fingerprint density at radius 2 is 1.94 bits per heavy atom. The van der Waals surface area contributed by atoms with Crippen LogP contribution >= 0.6 is 0 Å². The maximum Gasteiger partial charge on any atom is 0.249 e. The molecule has 10 heteroatoms. The molecule has 254 valence electrons. The molecule has 4 atom stereocenters. The number of carbonyl (C=O) groups excluding carboxylic acids is 2. The molecule has 4 aliphatic heterocycles. The van der Waals surface area contributed by atoms with Gasteiger partial charge in [-0.05, 0) is 53.2 Å². The van der Waals surface area contributed by atoms with Crippen LogP contribution in [-0.4, -0.2) is 34.1 Å². The van der Waals surface area contributed by atoms with Gasteiger partial charge in [-0.3, -0.25) is 9.59 Å². The van der Waals surface area contributed by atoms with Crippen LogP contribution in [0.5, 0.6) is 5.75 Å². The van der Waals surface area contributed by atoms with Gasteiger partial charge in [-0.15, -0.1) is 0 Å². The monoisotopic (exact) mass is 677 g/mol. The molecule has 3 N–H and O–H groups in total. The Labute approximate surface area is 294 Å². The van der Waals surface area contributed by atoms with Crippen LogP contribution in [0.25, 0.3) is 28.3 Å². The number of oxazole rings is 2. The number of allylic oxidation sites excluding steroid dienone is 2. The molecule has 1 spiro atoms. The lowest BCUT2D eigenvalue weighted by molar-refractivity contribution is -0.128. The van der Waals surface area contributed by atoms with E-state index < -0.39 is 23.7 Å². The van der Waals surface area contributed by atoms with E-state index >= 15 is 0 Å². The second kappa shape index (κ2) is 10.8. The summed E-state index contributed by atoms with van der Waals surface area (Å²) in [7, 11) is 0. The average Bonchev–Trinajstić information content (AvgIpc) is 3.95. The van der Waals surface area contributed by atoms with E-state index in [1.165, 1.54) is 11.6 Å². The van der Waals surface area contributed by atoms with E-state index in [2.05, 4.69) is 64.5 Å². The third kappa shape index (κ3) is 4.16. The Morgan fingerprint density at radius 3 is 2.80 bits per heavy atom. The summed E-state index contributed by atoms with van der Waals surface area (Å²) < 4.78 is 20.5. The number of para-hydroxylation sites is 1. The highest BCUT2D eigenvalue weighted by atomic mass is 16.5. The van der Waals surface area contributed by atoms with Crippen LogP contribution in [0.15, 0.2) is 87.9 Å². The first-order valence-electron chi connectivity index (χ1n) is 17.6. The molecular formula is C41H35N5O5. The van der Waals surface area contributed by atoms with Crippen molar-refractivity contribution in [2.75, 3.05) is 5.32 Å². The zero-order valence-electron chi connectivity index (χ0n) is 28.4. The quantitative estimate of drug-likeness (QED) is 0.182. The molecule has 1 aliphatic carbocycles. The Morgan fingerprint density at radius 1 is 1.08 bits per heavy atom. The summed E-state index contributed by atoms with van der Waals surface area (Å²) in [5, 5.41) is 9.93. The van der Waals surface area contributed by atoms with Crippen LogP contribution in [-0.2, 0) is 27.8 Å². The Kier molecular flexibility index (Phi) is 6.35. The second-order valence-electron chi connectivity index (χ2n) is 14.2. The first-order chi connectivity index (χ1) is 24.8. The SMILES string of the molecule is CC/C=C/C(=O)NC1Cc2ccc3c(c2)C24c5cccc(c5N[C@H]2O3)-c2cccc3c2C(=CC3)c2cnc(o2)-c2nc(oc24)[C@H](C(C)C)NC1=O. The molecule has 3 aromatic carbocycles. The summed E-state index contributed by atoms with van der Waals surface area (Å²) in [6, 6.07) is 17.3. The van der Waals surface area contributed by atoms with Gasteiger partial charge in [-0.1, -0.05) is 81.5 Å². The number of benzene rings is 3. The smallest absolute Gasteiger partial charge is 0.249 e. The number of rotatable bonds is 4. The van der Waals surface area contributed by atoms with E-state index in [1.807, 2.05) is 32.9 Å². The number of hydrogen-bond donors (Lipinski definition) is 3. The van der Waals surface area contributed by atoms with E-state index in [0.717, 1.165) is 51.1 Å². The van der Waals surface area contributed by atoms with E-state index in [-0.39, 0.29) is 24.2 Å². The molecule has 5 aliphatic rings. The number of aromatic nitrogens is 2. The van der Waals surface area contributed by atoms with E-state index in [9.17, 15) is 9.59 Å². The van der Waals surface area contributed by atoms with Gasteiger partial charge in [-0.25, -0.2) is 9.97 Å². The summed E-state index contributed by atoms with van der Waals surface area (Å²) in [5.74, 6) is 1.73. The lowest BCUT2D eigenvalue weighted by Crippen LogP contribution is -2.49. The van der Waals surface area contributed by atoms with Gasteiger partial charge in [-0.2, -0.15) is 0 Å². The minimum Gasteiger partial charge on any atom is -0.469 e. The fraction of sp³-hybridized carbons (Fsp3) is 0.268. The molecule has 0 radical (unpaired) electrons. The molecule has 0 saturated heterocycles. The van der Waals surface area contributed by atoms with Gasteiger partial charge in [0.1, 0.15) is 23.2 Å². The molecule has 10 nitrogen and oxygen atoms in total. The van der Waals surface area contributed by atoms with Crippen molar-refractivity contribution >= 4 is 23.1 Å². The third-order valence-electron chi connectivity index (χ3n) is 10.9. The van der Waals surface area contributed by atoms with Gasteiger partial charge in [0.05, 0.1) is 6.20 Å². The van der Waals surface area contributed by atoms with E-state index in [0.29, 0.717) is 41.2 Å². The van der Waals surface area contributed by atoms with Crippen molar-refractivity contribution in [1.82, 2.24) is 20.6 Å². The summed E-state index contributed by atoms with van der Waals surface area (Å²) in [5.41, 5.74) is 8.59. The molecule has 0 fully saturated rings. The number of anilines is 1. The highest BCUT2D eigenvalue weighted by Gasteiger charge is 2.61. The predicted octanol–water partition coefficient (Wildman–Crippen LogP) is 6.60. The van der Waals surface area contributed by atoms with Crippen LogP contribution in [0.1, 0.15) is 78.5 Å². The number of fused-ring (bicyclic) bond motifs is 7. The van der Waals surface area contributed by atoms with E-state index in [4.69, 9.17) is 23.5 Å². The highest BCUT2D eigenvalue weighted by molar-refractivity contribution is 5.97. The predicted molar refractivity (Wildman–Crippen MR) is 190 cm³/mol. The van der Waals surface area contributed by atoms with Crippen molar-refractivity contribution in [3.05, 3.63) is 124 Å². The molecule has 51 heavy (non-hydrogen) atoms. The van der Waals surface area contributed by atoms with Crippen LogP contribution in [0.2, 0.25) is 0 Å². The Bertz CT molecular complexity index is 2380. The zero-order valence-corrected chi connectivity index (χ0v) is 28.4. The van der Waals surface area contributed by atoms with Crippen molar-refractivity contribution in [2.24, 2.45) is 5.92 Å². The second-order valence-corrected chi connectivity index (χ2v) is 14.2. The van der Waals surface area contributed by atoms with Gasteiger partial charge < -0.3 is 29.5 Å². The van der Waals surface area contributed by atoms with Crippen molar-refractivity contribution in [2.45, 2.75) is 63.8 Å². The van der Waals surface area contributed by atoms with Crippen molar-refractivity contribution < 1.29 is 23.2 Å². The standard InChI is InChI=1S/C41H35N5O5/c1-4-5-12-31(47)43-28-18-21-13-16-29-27(17-21)41-26-11-7-10-24(34(26)46-40(41)50-29)23-9-6-8-22-14-15-25(32(22)23)30-19-42-38(49-30)35-36(41)51-39(45-35)33(20(2)3)44-37(28)48/h5-13,15-17,19-20,28,33,40,46H,4,14,18H2,1-3H3,(H,43,47)(H,44,48)/b12-5+/t28?,33-,40-,41?/m0/s1. The number of nitrogens with zero attached hydrogens (tertiary/aromatic N) is 2. The fourth-order valence-electron chi connectivity index (χ4n) is 8.55. The average molecular weight is 678 g/mol. The topological polar surface area (TPSA) is 132 Å². The summed E-state index contributed by atoms with van der Waals surface area (Å²) in [4.78, 5) is 37.0. The molecule has 2 aromatic heterocycles. The lowest BCUT2D eigenvalue weighted by atomic mass is 9.72. The molecule has 10 rings (SSSR count). The van der Waals surface area contributed by atoms with Gasteiger partial charge in [0, 0.05) is 34.4 Å². The highest BCUT2D eigenvalue weighted by Crippen LogP contribution is 2.61. The van der Waals surface area contributed by atoms with Crippen LogP contribution in [0.3, 0.4) is 0 Å². The number of nitrogens with one attached hydrogen (secondary N) is 3. The van der Waals surface area contributed by atoms with Gasteiger partial charge in [0.25, 0.3) is 0 Å². The fourth-order valence-corrected chi connectivity index (χ4v) is 8.55. The molecule has 10 bridgehead atoms. The van der Waals surface area contributed by atoms with Gasteiger partial charge >= 0.3 is 0 Å². The maximum absolute atomic E-state index is 14.1. The lowest BCUT2D eigenvalue weighted by Gasteiger charge is -2.28. The van der Waals surface area contributed by atoms with E-state index in [1.54, 1.807) is 12.3 Å². The van der Waals surface area contributed by atoms with Crippen LogP contribution < -0.4 is 20.7 Å². The first kappa shape index (κ1) is 30.0. The molecule has 2 amide bonds. The summed E-state index contributed by atoms with van der Waals surface area (Å²) >= 11 is 0. The molecular weight excluding hydrogens is 642 g/mol. The molecule has 0 saturated carbocycles. The maximum atomic E-state index is 14.1. The number of ether oxygens (including phenoxy) is 1. The summed E-state index contributed by atoms with van der Waals surface area (Å²) in [6.07, 6.45) is 8.38. The molecule has 2 unspecified atom stereocenters. The third-order valence-corrected chi connectivity index (χ3v) is 10.9. The normalized spacial score (nSPS) is 23.0. The first-order valence-corrected chi connectivity index (χ1v) is 17.6. The van der Waals surface area contributed by atoms with Crippen molar-refractivity contribution in [3.8, 4) is 28.5 Å². The summed E-state index contributed by atoms with van der Waals surface area (Å²) in [6.45, 7) is 5.96. The van der Waals surface area contributed by atoms with Crippen molar-refractivity contribution in [3.63, 3.8) is 0 Å². The molecule has 5 aromatic rings. The van der Waals surface area contributed by atoms with Gasteiger partial charge in [0.2, 0.25) is 23.6 Å². The van der Waals surface area contributed by atoms with Gasteiger partial charge in [0.15, 0.2) is 23.4 Å². The minimum atomic E-state index is -1.00. The van der Waals surface area contributed by atoms with Crippen LogP contribution in [0.4, 0.5) is 5.69 Å². The van der Waals surface area contributed by atoms with Crippen molar-refractivity contribution in [1.29, 1.82) is 0 Å². The zero-order chi connectivity index (χ0) is 34.6. The minimum absolute atomic E-state index is 0.117. The largest absolute Gasteiger partial charge is 0.469 e. The Hall–Kier alpha value is -5.90. The van der Waals surface area contributed by atoms with Crippen LogP contribution in [0, 0.1) is 5.92 Å². The molecule has 6 heterocycles.